The molecule has 2 heterocycles. The molecule has 1 amide bonds. The fourth-order valence-electron chi connectivity index (χ4n) is 2.95. The third-order valence-corrected chi connectivity index (χ3v) is 4.42. The van der Waals surface area contributed by atoms with Crippen LogP contribution in [0, 0.1) is 5.92 Å². The summed E-state index contributed by atoms with van der Waals surface area (Å²) in [6.07, 6.45) is 2.91. The topological polar surface area (TPSA) is 76.1 Å². The van der Waals surface area contributed by atoms with Crippen LogP contribution in [0.3, 0.4) is 0 Å². The van der Waals surface area contributed by atoms with Crippen LogP contribution in [0.1, 0.15) is 39.5 Å². The van der Waals surface area contributed by atoms with E-state index in [9.17, 15) is 9.59 Å². The van der Waals surface area contributed by atoms with E-state index in [1.54, 1.807) is 11.8 Å². The summed E-state index contributed by atoms with van der Waals surface area (Å²) in [5, 5.41) is 9.12. The maximum atomic E-state index is 12.4. The molecule has 0 radical (unpaired) electrons. The molecule has 0 aromatic rings. The molecule has 6 nitrogen and oxygen atoms in total. The molecule has 0 spiro atoms. The minimum atomic E-state index is -0.826. The zero-order valence-corrected chi connectivity index (χ0v) is 12.8. The summed E-state index contributed by atoms with van der Waals surface area (Å²) in [6, 6.07) is 0.0712. The predicted octanol–water partition coefficient (Wildman–Crippen LogP) is 1.28. The first-order valence-corrected chi connectivity index (χ1v) is 7.75. The number of nitrogens with zero attached hydrogens (tertiary/aromatic N) is 1. The third kappa shape index (κ3) is 4.17. The highest BCUT2D eigenvalue weighted by molar-refractivity contribution is 5.82. The summed E-state index contributed by atoms with van der Waals surface area (Å²) >= 11 is 0. The number of hydrogen-bond donors (Lipinski definition) is 1. The second kappa shape index (κ2) is 7.22. The van der Waals surface area contributed by atoms with Gasteiger partial charge in [-0.15, -0.1) is 0 Å². The van der Waals surface area contributed by atoms with Gasteiger partial charge in [-0.1, -0.05) is 0 Å². The number of ether oxygens (including phenoxy) is 2. The smallest absolute Gasteiger partial charge is 0.308 e. The first kappa shape index (κ1) is 16.2. The minimum absolute atomic E-state index is 0.0712. The van der Waals surface area contributed by atoms with E-state index in [1.807, 2.05) is 6.92 Å². The Morgan fingerprint density at radius 3 is 2.76 bits per heavy atom. The van der Waals surface area contributed by atoms with Gasteiger partial charge in [-0.25, -0.2) is 0 Å². The first-order chi connectivity index (χ1) is 9.99. The molecule has 120 valence electrons. The molecule has 4 atom stereocenters. The Morgan fingerprint density at radius 1 is 1.38 bits per heavy atom. The number of likely N-dealkylation sites (tertiary alicyclic amines) is 1. The van der Waals surface area contributed by atoms with E-state index >= 15 is 0 Å². The molecule has 0 aromatic carbocycles. The highest BCUT2D eigenvalue weighted by Gasteiger charge is 2.34. The van der Waals surface area contributed by atoms with Crippen molar-refractivity contribution < 1.29 is 24.2 Å². The number of amides is 1. The van der Waals surface area contributed by atoms with Crippen molar-refractivity contribution in [3.8, 4) is 0 Å². The third-order valence-electron chi connectivity index (χ3n) is 4.42. The molecular weight excluding hydrogens is 274 g/mol. The van der Waals surface area contributed by atoms with Crippen LogP contribution in [0.2, 0.25) is 0 Å². The SMILES string of the molecule is CC(OCC1CCCO1)C(=O)N1CC(C(=O)O)CCC1C. The molecule has 0 saturated carbocycles. The fourth-order valence-corrected chi connectivity index (χ4v) is 2.95. The van der Waals surface area contributed by atoms with Crippen molar-refractivity contribution in [1.82, 2.24) is 4.90 Å². The van der Waals surface area contributed by atoms with E-state index in [0.717, 1.165) is 25.9 Å². The van der Waals surface area contributed by atoms with Gasteiger partial charge >= 0.3 is 5.97 Å². The van der Waals surface area contributed by atoms with Crippen molar-refractivity contribution in [3.63, 3.8) is 0 Å². The maximum Gasteiger partial charge on any atom is 0.308 e. The average Bonchev–Trinajstić information content (AvgIpc) is 2.97. The van der Waals surface area contributed by atoms with Crippen molar-refractivity contribution in [2.45, 2.75) is 57.8 Å². The van der Waals surface area contributed by atoms with Crippen LogP contribution < -0.4 is 0 Å². The molecule has 0 aromatic heterocycles. The van der Waals surface area contributed by atoms with Gasteiger partial charge in [0, 0.05) is 19.2 Å². The minimum Gasteiger partial charge on any atom is -0.481 e. The Hall–Kier alpha value is -1.14. The van der Waals surface area contributed by atoms with Gasteiger partial charge in [-0.05, 0) is 39.5 Å². The quantitative estimate of drug-likeness (QED) is 0.827. The van der Waals surface area contributed by atoms with E-state index in [1.165, 1.54) is 0 Å². The number of hydrogen-bond acceptors (Lipinski definition) is 4. The predicted molar refractivity (Wildman–Crippen MR) is 75.9 cm³/mol. The van der Waals surface area contributed by atoms with Gasteiger partial charge in [0.25, 0.3) is 5.91 Å². The van der Waals surface area contributed by atoms with E-state index in [2.05, 4.69) is 0 Å². The first-order valence-electron chi connectivity index (χ1n) is 7.75. The van der Waals surface area contributed by atoms with Gasteiger partial charge in [-0.2, -0.15) is 0 Å². The maximum absolute atomic E-state index is 12.4. The summed E-state index contributed by atoms with van der Waals surface area (Å²) in [5.41, 5.74) is 0. The molecule has 21 heavy (non-hydrogen) atoms. The molecule has 4 unspecified atom stereocenters. The second-order valence-electron chi connectivity index (χ2n) is 6.06. The van der Waals surface area contributed by atoms with Crippen LogP contribution in [-0.2, 0) is 19.1 Å². The van der Waals surface area contributed by atoms with Crippen LogP contribution in [0.15, 0.2) is 0 Å². The number of carbonyl (C=O) groups excluding carboxylic acids is 1. The van der Waals surface area contributed by atoms with Gasteiger partial charge < -0.3 is 19.5 Å². The Kier molecular flexibility index (Phi) is 5.58. The van der Waals surface area contributed by atoms with Gasteiger partial charge in [0.2, 0.25) is 0 Å². The molecule has 1 N–H and O–H groups in total. The summed E-state index contributed by atoms with van der Waals surface area (Å²) in [6.45, 7) is 5.16. The molecule has 2 fully saturated rings. The van der Waals surface area contributed by atoms with Crippen LogP contribution in [-0.4, -0.2) is 59.9 Å². The van der Waals surface area contributed by atoms with Crippen LogP contribution >= 0.6 is 0 Å². The fraction of sp³-hybridized carbons (Fsp3) is 0.867. The van der Waals surface area contributed by atoms with E-state index in [-0.39, 0.29) is 24.6 Å². The molecule has 0 bridgehead atoms. The van der Waals surface area contributed by atoms with E-state index in [0.29, 0.717) is 13.0 Å². The highest BCUT2D eigenvalue weighted by Crippen LogP contribution is 2.23. The lowest BCUT2D eigenvalue weighted by atomic mass is 9.93. The van der Waals surface area contributed by atoms with Crippen molar-refractivity contribution in [2.24, 2.45) is 5.92 Å². The lowest BCUT2D eigenvalue weighted by Gasteiger charge is -2.37. The highest BCUT2D eigenvalue weighted by atomic mass is 16.5. The molecule has 2 saturated heterocycles. The number of carbonyl (C=O) groups is 2. The molecular formula is C15H25NO5. The molecule has 6 heteroatoms. The lowest BCUT2D eigenvalue weighted by molar-refractivity contribution is -0.153. The Labute approximate surface area is 125 Å². The van der Waals surface area contributed by atoms with Gasteiger partial charge in [-0.3, -0.25) is 9.59 Å². The Morgan fingerprint density at radius 2 is 2.14 bits per heavy atom. The largest absolute Gasteiger partial charge is 0.481 e. The summed E-state index contributed by atoms with van der Waals surface area (Å²) in [5.74, 6) is -1.41. The summed E-state index contributed by atoms with van der Waals surface area (Å²) in [4.78, 5) is 25.2. The van der Waals surface area contributed by atoms with Crippen molar-refractivity contribution >= 4 is 11.9 Å². The number of piperidine rings is 1. The summed E-state index contributed by atoms with van der Waals surface area (Å²) < 4.78 is 11.1. The molecule has 2 rings (SSSR count). The Bertz CT molecular complexity index is 380. The lowest BCUT2D eigenvalue weighted by Crippen LogP contribution is -2.51. The molecule has 0 aliphatic carbocycles. The van der Waals surface area contributed by atoms with Crippen molar-refractivity contribution in [2.75, 3.05) is 19.8 Å². The second-order valence-corrected chi connectivity index (χ2v) is 6.06. The van der Waals surface area contributed by atoms with Crippen molar-refractivity contribution in [1.29, 1.82) is 0 Å². The number of aliphatic carboxylic acids is 1. The Balaban J connectivity index is 1.85. The van der Waals surface area contributed by atoms with Gasteiger partial charge in [0.1, 0.15) is 6.10 Å². The number of carboxylic acid groups (broad SMARTS) is 1. The monoisotopic (exact) mass is 299 g/mol. The van der Waals surface area contributed by atoms with E-state index < -0.39 is 18.0 Å². The zero-order valence-electron chi connectivity index (χ0n) is 12.8. The van der Waals surface area contributed by atoms with Gasteiger partial charge in [0.15, 0.2) is 0 Å². The zero-order chi connectivity index (χ0) is 15.4. The number of carboxylic acids is 1. The molecule has 2 aliphatic rings. The van der Waals surface area contributed by atoms with Crippen molar-refractivity contribution in [3.05, 3.63) is 0 Å². The van der Waals surface area contributed by atoms with Crippen LogP contribution in [0.5, 0.6) is 0 Å². The molecule has 2 aliphatic heterocycles. The van der Waals surface area contributed by atoms with E-state index in [4.69, 9.17) is 14.6 Å². The van der Waals surface area contributed by atoms with Gasteiger partial charge in [0.05, 0.1) is 18.6 Å². The van der Waals surface area contributed by atoms with Crippen LogP contribution in [0.4, 0.5) is 0 Å². The standard InChI is InChI=1S/C15H25NO5/c1-10-5-6-12(15(18)19)8-16(10)14(17)11(2)21-9-13-4-3-7-20-13/h10-13H,3-9H2,1-2H3,(H,18,19). The average molecular weight is 299 g/mol. The van der Waals surface area contributed by atoms with Crippen LogP contribution in [0.25, 0.3) is 0 Å². The normalized spacial score (nSPS) is 31.1. The number of rotatable bonds is 5. The summed E-state index contributed by atoms with van der Waals surface area (Å²) in [7, 11) is 0.